The Bertz CT molecular complexity index is 8700. The third-order valence-electron chi connectivity index (χ3n) is 26.6. The van der Waals surface area contributed by atoms with E-state index in [4.69, 9.17) is 24.9 Å². The molecule has 2 aliphatic carbocycles. The van der Waals surface area contributed by atoms with E-state index in [2.05, 4.69) is 361 Å². The normalized spacial score (nSPS) is 12.5. The van der Waals surface area contributed by atoms with Gasteiger partial charge in [-0.05, 0) is 203 Å². The first-order chi connectivity index (χ1) is 63.3. The summed E-state index contributed by atoms with van der Waals surface area (Å²) in [6, 6.07) is 150. The van der Waals surface area contributed by atoms with Crippen LogP contribution in [0.15, 0.2) is 425 Å². The van der Waals surface area contributed by atoms with Crippen molar-refractivity contribution in [2.24, 2.45) is 0 Å². The molecule has 0 N–H and O–H groups in total. The van der Waals surface area contributed by atoms with Crippen molar-refractivity contribution in [1.29, 1.82) is 0 Å². The SMILES string of the molecule is CC1(C)c2ccccc2-c2ccc3c(c21)c1ccccc1n3-c1ccc(-c2nc(-c3ccccc3)nc(-c3ccccc3)n2)cc1.c1ccc(-c2ccc3c(c2)c2c4sc5ccccc5c4ccc2n3-c2nccc(-c3ccccc3)n2)cc1.c1ccc2c(c1)Cc1c-2ccc2c1c1ccccc1n2-c1ccc(-c2ccc3c4ccccc4c4ccccc4c3c2)cc1. The van der Waals surface area contributed by atoms with E-state index in [-0.39, 0.29) is 5.41 Å². The molecule has 8 nitrogen and oxygen atoms in total. The molecule has 128 heavy (non-hydrogen) atoms. The van der Waals surface area contributed by atoms with Gasteiger partial charge < -0.3 is 9.13 Å². The first kappa shape index (κ1) is 74.3. The first-order valence-corrected chi connectivity index (χ1v) is 44.6. The Morgan fingerprint density at radius 3 is 1.32 bits per heavy atom. The van der Waals surface area contributed by atoms with Gasteiger partial charge in [0, 0.05) is 97.7 Å². The zero-order valence-corrected chi connectivity index (χ0v) is 70.9. The van der Waals surface area contributed by atoms with Gasteiger partial charge >= 0.3 is 0 Å². The second-order valence-corrected chi connectivity index (χ2v) is 35.1. The molecule has 0 amide bonds. The van der Waals surface area contributed by atoms with Crippen molar-refractivity contribution in [2.45, 2.75) is 25.7 Å². The smallest absolute Gasteiger partial charge is 0.235 e. The topological polar surface area (TPSA) is 79.2 Å². The Morgan fingerprint density at radius 1 is 0.266 bits per heavy atom. The van der Waals surface area contributed by atoms with Crippen LogP contribution >= 0.6 is 11.3 Å². The molecule has 6 aromatic heterocycles. The number of hydrogen-bond donors (Lipinski definition) is 0. The van der Waals surface area contributed by atoms with Gasteiger partial charge in [-0.2, -0.15) is 0 Å². The lowest BCUT2D eigenvalue weighted by atomic mass is 9.80. The second-order valence-electron chi connectivity index (χ2n) is 34.0. The molecular formula is C119H78N8S. The molecule has 0 saturated carbocycles. The van der Waals surface area contributed by atoms with Crippen LogP contribution in [0.2, 0.25) is 0 Å². The lowest BCUT2D eigenvalue weighted by molar-refractivity contribution is 0.666. The number of fused-ring (bicyclic) bond motifs is 27. The number of hydrogen-bond acceptors (Lipinski definition) is 6. The Hall–Kier alpha value is -16.3. The highest BCUT2D eigenvalue weighted by molar-refractivity contribution is 7.26. The van der Waals surface area contributed by atoms with E-state index in [1.807, 2.05) is 102 Å². The van der Waals surface area contributed by atoms with E-state index < -0.39 is 0 Å². The molecule has 0 unspecified atom stereocenters. The van der Waals surface area contributed by atoms with E-state index in [0.29, 0.717) is 23.4 Å². The summed E-state index contributed by atoms with van der Waals surface area (Å²) in [6.07, 6.45) is 2.85. The van der Waals surface area contributed by atoms with Crippen LogP contribution in [0, 0.1) is 0 Å². The number of thiophene rings is 1. The van der Waals surface area contributed by atoms with E-state index in [1.165, 1.54) is 179 Å². The lowest BCUT2D eigenvalue weighted by Gasteiger charge is -2.22. The molecule has 2 aliphatic rings. The third kappa shape index (κ3) is 12.1. The number of aromatic nitrogens is 8. The Kier molecular flexibility index (Phi) is 17.4. The van der Waals surface area contributed by atoms with Crippen LogP contribution in [0.4, 0.5) is 0 Å². The van der Waals surface area contributed by atoms with Crippen molar-refractivity contribution in [2.75, 3.05) is 0 Å². The van der Waals surface area contributed by atoms with Crippen LogP contribution in [-0.4, -0.2) is 38.6 Å². The van der Waals surface area contributed by atoms with Gasteiger partial charge in [0.1, 0.15) is 0 Å². The molecule has 0 bridgehead atoms. The quantitative estimate of drug-likeness (QED) is 0.135. The summed E-state index contributed by atoms with van der Waals surface area (Å²) in [5.41, 5.74) is 30.2. The number of rotatable bonds is 9. The van der Waals surface area contributed by atoms with Crippen molar-refractivity contribution in [3.63, 3.8) is 0 Å². The summed E-state index contributed by atoms with van der Waals surface area (Å²) in [6.45, 7) is 4.72. The Morgan fingerprint density at radius 2 is 0.688 bits per heavy atom. The highest BCUT2D eigenvalue weighted by Crippen LogP contribution is 2.54. The van der Waals surface area contributed by atoms with E-state index in [1.54, 1.807) is 0 Å². The van der Waals surface area contributed by atoms with Gasteiger partial charge in [0.05, 0.1) is 38.8 Å². The molecule has 0 saturated heterocycles. The van der Waals surface area contributed by atoms with Gasteiger partial charge in [-0.15, -0.1) is 11.3 Å². The van der Waals surface area contributed by atoms with Crippen LogP contribution in [0.5, 0.6) is 0 Å². The zero-order chi connectivity index (χ0) is 84.7. The van der Waals surface area contributed by atoms with Crippen LogP contribution in [-0.2, 0) is 11.8 Å². The number of benzene rings is 19. The Labute approximate surface area is 742 Å². The minimum absolute atomic E-state index is 0.101. The van der Waals surface area contributed by atoms with Crippen LogP contribution < -0.4 is 0 Å². The molecule has 0 aliphatic heterocycles. The minimum Gasteiger partial charge on any atom is -0.309 e. The van der Waals surface area contributed by atoms with Gasteiger partial charge in [-0.1, -0.05) is 335 Å². The summed E-state index contributed by atoms with van der Waals surface area (Å²) >= 11 is 1.86. The monoisotopic (exact) mass is 1650 g/mol. The molecular weight excluding hydrogens is 1570 g/mol. The number of nitrogens with zero attached hydrogens (tertiary/aromatic N) is 8. The summed E-state index contributed by atoms with van der Waals surface area (Å²) in [5.74, 6) is 2.65. The van der Waals surface area contributed by atoms with Crippen molar-refractivity contribution in [3.05, 3.63) is 447 Å². The average Bonchev–Trinajstić information content (AvgIpc) is 1.55. The molecule has 0 atom stereocenters. The molecule has 0 spiro atoms. The minimum atomic E-state index is -0.101. The standard InChI is InChI=1S/C43H27N.C42H30N4.C34H21N3S/c1-2-10-31-29(9-1)26-40-36(31)23-24-42-43(40)38-15-7-8-16-41(38)44(42)30-20-17-27(18-21-30)28-19-22-37-34-13-4-3-11-32(34)33-12-5-6-14-35(33)39(37)25-28;1-42(2)34-19-11-9-17-31(34)32-25-26-36-37(38(32)42)33-18-10-12-20-35(33)46(36)30-23-21-29(22-24-30)41-44-39(27-13-5-3-6-14-27)43-40(45-41)28-15-7-4-8-16-28;1-3-9-22(10-4-1)24-15-17-29-27(21-24)32-30(18-16-26-25-13-7-8-14-31(25)38-33(26)32)37(29)34-35-20-19-28(36-34)23-11-5-2-6-12-23/h1-25H,26H2;3-26H,1-2H3;1-21H. The summed E-state index contributed by atoms with van der Waals surface area (Å²) in [7, 11) is 0. The van der Waals surface area contributed by atoms with Gasteiger partial charge in [0.25, 0.3) is 0 Å². The van der Waals surface area contributed by atoms with Crippen molar-refractivity contribution >= 4 is 129 Å². The van der Waals surface area contributed by atoms with Crippen LogP contribution in [0.25, 0.3) is 225 Å². The number of para-hydroxylation sites is 2. The van der Waals surface area contributed by atoms with Crippen LogP contribution in [0.1, 0.15) is 36.1 Å². The summed E-state index contributed by atoms with van der Waals surface area (Å²) in [5, 5.41) is 18.2. The van der Waals surface area contributed by atoms with Gasteiger partial charge in [0.15, 0.2) is 17.5 Å². The highest BCUT2D eigenvalue weighted by Gasteiger charge is 2.38. The van der Waals surface area contributed by atoms with Gasteiger partial charge in [-0.25, -0.2) is 24.9 Å². The van der Waals surface area contributed by atoms with E-state index in [0.717, 1.165) is 51.1 Å². The first-order valence-electron chi connectivity index (χ1n) is 43.8. The maximum Gasteiger partial charge on any atom is 0.235 e. The summed E-state index contributed by atoms with van der Waals surface area (Å²) < 4.78 is 9.66. The molecule has 0 fully saturated rings. The molecule has 600 valence electrons. The highest BCUT2D eigenvalue weighted by atomic mass is 32.1. The van der Waals surface area contributed by atoms with Gasteiger partial charge in [-0.3, -0.25) is 4.57 Å². The van der Waals surface area contributed by atoms with Crippen LogP contribution in [0.3, 0.4) is 0 Å². The molecule has 0 radical (unpaired) electrons. The van der Waals surface area contributed by atoms with Crippen molar-refractivity contribution in [1.82, 2.24) is 38.6 Å². The van der Waals surface area contributed by atoms with E-state index >= 15 is 0 Å². The maximum atomic E-state index is 5.04. The Balaban J connectivity index is 0.000000105. The predicted molar refractivity (Wildman–Crippen MR) is 535 cm³/mol. The molecule has 9 heteroatoms. The average molecular weight is 1650 g/mol. The molecule has 6 heterocycles. The summed E-state index contributed by atoms with van der Waals surface area (Å²) in [4.78, 5) is 24.5. The fourth-order valence-electron chi connectivity index (χ4n) is 20.7. The molecule has 19 aromatic carbocycles. The zero-order valence-electron chi connectivity index (χ0n) is 70.1. The largest absolute Gasteiger partial charge is 0.309 e. The van der Waals surface area contributed by atoms with Gasteiger partial charge in [0.2, 0.25) is 5.95 Å². The fraction of sp³-hybridized carbons (Fsp3) is 0.0336. The lowest BCUT2D eigenvalue weighted by Crippen LogP contribution is -2.15. The van der Waals surface area contributed by atoms with E-state index in [9.17, 15) is 0 Å². The molecule has 27 rings (SSSR count). The third-order valence-corrected chi connectivity index (χ3v) is 27.8. The predicted octanol–water partition coefficient (Wildman–Crippen LogP) is 31.0. The molecule has 25 aromatic rings. The van der Waals surface area contributed by atoms with Crippen molar-refractivity contribution < 1.29 is 0 Å². The van der Waals surface area contributed by atoms with Crippen molar-refractivity contribution in [3.8, 4) is 107 Å². The fourth-order valence-corrected chi connectivity index (χ4v) is 22.0. The maximum absolute atomic E-state index is 5.04. The second kappa shape index (κ2) is 30.0.